The molecule has 0 saturated carbocycles. The lowest BCUT2D eigenvalue weighted by molar-refractivity contribution is -0.136. The highest BCUT2D eigenvalue weighted by Gasteiger charge is 2.16. The Morgan fingerprint density at radius 2 is 1.79 bits per heavy atom. The van der Waals surface area contributed by atoms with Gasteiger partial charge in [-0.15, -0.1) is 0 Å². The van der Waals surface area contributed by atoms with Crippen LogP contribution in [-0.4, -0.2) is 35.6 Å². The van der Waals surface area contributed by atoms with Gasteiger partial charge < -0.3 is 5.11 Å². The molecule has 0 aromatic carbocycles. The molecule has 0 fully saturated rings. The zero-order valence-electron chi connectivity index (χ0n) is 14.3. The number of carboxylic acid groups (broad SMARTS) is 1. The van der Waals surface area contributed by atoms with Crippen LogP contribution in [0.2, 0.25) is 0 Å². The van der Waals surface area contributed by atoms with Gasteiger partial charge in [0.25, 0.3) is 0 Å². The summed E-state index contributed by atoms with van der Waals surface area (Å²) in [6, 6.07) is 0. The van der Waals surface area contributed by atoms with Gasteiger partial charge in [-0.1, -0.05) is 62.8 Å². The molecule has 0 bridgehead atoms. The number of rotatable bonds is 10. The highest BCUT2D eigenvalue weighted by molar-refractivity contribution is 5.67. The minimum atomic E-state index is -0.790. The van der Waals surface area contributed by atoms with Gasteiger partial charge in [0.05, 0.1) is 0 Å². The molecule has 0 unspecified atom stereocenters. The minimum absolute atomic E-state index is 0.121. The monoisotopic (exact) mass is 325 g/mol. The normalized spacial score (nSPS) is 16.7. The number of carboxylic acids is 1. The third kappa shape index (κ3) is 6.39. The maximum atomic E-state index is 10.7. The van der Waals surface area contributed by atoms with Crippen molar-refractivity contribution < 1.29 is 9.90 Å². The second-order valence-corrected chi connectivity index (χ2v) is 5.71. The third-order valence-corrected chi connectivity index (χ3v) is 4.00. The van der Waals surface area contributed by atoms with E-state index in [0.29, 0.717) is 6.42 Å². The molecule has 1 aliphatic rings. The molecule has 0 saturated heterocycles. The highest BCUT2D eigenvalue weighted by atomic mass is 16.4. The molecule has 0 amide bonds. The van der Waals surface area contributed by atoms with Gasteiger partial charge in [-0.2, -0.15) is 0 Å². The Bertz CT molecular complexity index is 605. The van der Waals surface area contributed by atoms with Crippen LogP contribution in [0.5, 0.6) is 0 Å². The molecule has 128 valence electrons. The lowest BCUT2D eigenvalue weighted by Gasteiger charge is -2.29. The van der Waals surface area contributed by atoms with Gasteiger partial charge in [-0.3, -0.25) is 9.69 Å². The van der Waals surface area contributed by atoms with E-state index < -0.39 is 5.97 Å². The minimum Gasteiger partial charge on any atom is -0.481 e. The molecule has 0 spiro atoms. The molecular weight excluding hydrogens is 298 g/mol. The predicted molar refractivity (Wildman–Crippen MR) is 102 cm³/mol. The van der Waals surface area contributed by atoms with Gasteiger partial charge in [-0.05, 0) is 35.1 Å². The van der Waals surface area contributed by atoms with Crippen LogP contribution in [0.15, 0.2) is 85.1 Å². The topological polar surface area (TPSA) is 40.5 Å². The molecule has 0 aromatic rings. The summed E-state index contributed by atoms with van der Waals surface area (Å²) in [5.74, 6) is -0.790. The summed E-state index contributed by atoms with van der Waals surface area (Å²) in [5, 5.41) is 8.83. The Morgan fingerprint density at radius 1 is 1.08 bits per heavy atom. The van der Waals surface area contributed by atoms with Crippen molar-refractivity contribution >= 4 is 5.97 Å². The van der Waals surface area contributed by atoms with Crippen LogP contribution >= 0.6 is 0 Å². The first-order valence-corrected chi connectivity index (χ1v) is 8.09. The van der Waals surface area contributed by atoms with Crippen LogP contribution in [0, 0.1) is 0 Å². The second-order valence-electron chi connectivity index (χ2n) is 5.71. The zero-order chi connectivity index (χ0) is 17.9. The number of carbonyl (C=O) groups is 1. The maximum Gasteiger partial charge on any atom is 0.303 e. The van der Waals surface area contributed by atoms with Crippen LogP contribution in [0.3, 0.4) is 0 Å². The van der Waals surface area contributed by atoms with Crippen LogP contribution < -0.4 is 0 Å². The Balaban J connectivity index is 2.88. The lowest BCUT2D eigenvalue weighted by Crippen LogP contribution is -2.32. The first-order chi connectivity index (χ1) is 11.5. The Kier molecular flexibility index (Phi) is 8.52. The molecular formula is C21H27NO2. The fourth-order valence-corrected chi connectivity index (χ4v) is 2.66. The van der Waals surface area contributed by atoms with E-state index in [1.165, 1.54) is 11.1 Å². The summed E-state index contributed by atoms with van der Waals surface area (Å²) in [7, 11) is 0. The van der Waals surface area contributed by atoms with Gasteiger partial charge in [0.1, 0.15) is 0 Å². The van der Waals surface area contributed by atoms with Crippen molar-refractivity contribution in [3.8, 4) is 0 Å². The molecule has 24 heavy (non-hydrogen) atoms. The van der Waals surface area contributed by atoms with E-state index in [4.69, 9.17) is 5.11 Å². The molecule has 1 rings (SSSR count). The summed E-state index contributed by atoms with van der Waals surface area (Å²) >= 11 is 0. The molecule has 0 radical (unpaired) electrons. The van der Waals surface area contributed by atoms with E-state index in [-0.39, 0.29) is 6.42 Å². The van der Waals surface area contributed by atoms with Crippen molar-refractivity contribution in [3.05, 3.63) is 85.1 Å². The average Bonchev–Trinajstić information content (AvgIpc) is 2.58. The summed E-state index contributed by atoms with van der Waals surface area (Å²) in [6.07, 6.45) is 12.8. The van der Waals surface area contributed by atoms with Crippen LogP contribution in [0.1, 0.15) is 19.3 Å². The largest absolute Gasteiger partial charge is 0.481 e. The highest BCUT2D eigenvalue weighted by Crippen LogP contribution is 2.23. The number of nitrogens with zero attached hydrogens (tertiary/aromatic N) is 1. The Hall–Kier alpha value is -2.39. The molecule has 0 aliphatic carbocycles. The summed E-state index contributed by atoms with van der Waals surface area (Å²) in [4.78, 5) is 13.1. The van der Waals surface area contributed by atoms with E-state index in [2.05, 4.69) is 37.3 Å². The summed E-state index contributed by atoms with van der Waals surface area (Å²) < 4.78 is 0. The van der Waals surface area contributed by atoms with Crippen LogP contribution in [0.25, 0.3) is 0 Å². The van der Waals surface area contributed by atoms with Crippen molar-refractivity contribution in [1.82, 2.24) is 4.90 Å². The smallest absolute Gasteiger partial charge is 0.303 e. The third-order valence-electron chi connectivity index (χ3n) is 4.00. The van der Waals surface area contributed by atoms with Gasteiger partial charge in [0.2, 0.25) is 0 Å². The second kappa shape index (κ2) is 10.4. The van der Waals surface area contributed by atoms with E-state index in [0.717, 1.165) is 37.2 Å². The molecule has 0 atom stereocenters. The molecule has 0 aromatic heterocycles. The molecule has 1 heterocycles. The molecule has 3 heteroatoms. The zero-order valence-corrected chi connectivity index (χ0v) is 14.3. The fourth-order valence-electron chi connectivity index (χ4n) is 2.66. The number of allylic oxidation sites excluding steroid dienone is 5. The van der Waals surface area contributed by atoms with E-state index in [1.54, 1.807) is 12.2 Å². The van der Waals surface area contributed by atoms with Crippen LogP contribution in [0.4, 0.5) is 0 Å². The lowest BCUT2D eigenvalue weighted by atomic mass is 9.96. The Labute approximate surface area is 145 Å². The SMILES string of the molecule is C=C/C=C(\C=C)CN1CCC(/C=C(\C=C)CCC(=O)O)=C(C=C)C1. The quantitative estimate of drug-likeness (QED) is 0.603. The van der Waals surface area contributed by atoms with Crippen molar-refractivity contribution in [2.45, 2.75) is 19.3 Å². The van der Waals surface area contributed by atoms with Crippen LogP contribution in [-0.2, 0) is 4.79 Å². The first kappa shape index (κ1) is 19.7. The van der Waals surface area contributed by atoms with Gasteiger partial charge in [0, 0.05) is 26.1 Å². The first-order valence-electron chi connectivity index (χ1n) is 8.09. The van der Waals surface area contributed by atoms with E-state index in [1.807, 2.05) is 18.2 Å². The fraction of sp³-hybridized carbons (Fsp3) is 0.286. The molecule has 1 aliphatic heterocycles. The predicted octanol–water partition coefficient (Wildman–Crippen LogP) is 4.45. The molecule has 3 nitrogen and oxygen atoms in total. The number of hydrogen-bond donors (Lipinski definition) is 1. The van der Waals surface area contributed by atoms with Crippen molar-refractivity contribution in [2.75, 3.05) is 19.6 Å². The Morgan fingerprint density at radius 3 is 2.33 bits per heavy atom. The van der Waals surface area contributed by atoms with Crippen molar-refractivity contribution in [3.63, 3.8) is 0 Å². The standard InChI is InChI=1S/C21H27NO2/c1-5-9-18(7-3)15-22-13-12-20(19(8-4)16-22)14-17(6-2)10-11-21(23)24/h5-9,14H,1-4,10-13,15-16H2,(H,23,24)/b17-14+,18-9+. The van der Waals surface area contributed by atoms with E-state index >= 15 is 0 Å². The number of hydrogen-bond acceptors (Lipinski definition) is 2. The van der Waals surface area contributed by atoms with E-state index in [9.17, 15) is 4.79 Å². The van der Waals surface area contributed by atoms with Gasteiger partial charge in [0.15, 0.2) is 0 Å². The summed E-state index contributed by atoms with van der Waals surface area (Å²) in [6.45, 7) is 17.9. The van der Waals surface area contributed by atoms with Gasteiger partial charge >= 0.3 is 5.97 Å². The van der Waals surface area contributed by atoms with Crippen molar-refractivity contribution in [2.24, 2.45) is 0 Å². The average molecular weight is 325 g/mol. The number of aliphatic carboxylic acids is 1. The summed E-state index contributed by atoms with van der Waals surface area (Å²) in [5.41, 5.74) is 4.49. The van der Waals surface area contributed by atoms with Gasteiger partial charge in [-0.25, -0.2) is 0 Å². The van der Waals surface area contributed by atoms with Crippen molar-refractivity contribution in [1.29, 1.82) is 0 Å². The maximum absolute atomic E-state index is 10.7. The molecule has 1 N–H and O–H groups in total.